The lowest BCUT2D eigenvalue weighted by molar-refractivity contribution is -0.149. The van der Waals surface area contributed by atoms with Gasteiger partial charge < -0.3 is 45.4 Å². The van der Waals surface area contributed by atoms with Crippen LogP contribution in [0.1, 0.15) is 93.6 Å². The van der Waals surface area contributed by atoms with Crippen molar-refractivity contribution in [2.24, 2.45) is 23.7 Å². The number of rotatable bonds is 27. The number of benzene rings is 1. The first-order valence-corrected chi connectivity index (χ1v) is 25.2. The predicted octanol–water partition coefficient (Wildman–Crippen LogP) is 2.21. The normalized spacial score (nSPS) is 18.5. The highest BCUT2D eigenvalue weighted by Gasteiger charge is 2.43. The Morgan fingerprint density at radius 2 is 1.40 bits per heavy atom. The molecular formula is C52H83N9O11. The molecule has 1 fully saturated rings. The van der Waals surface area contributed by atoms with E-state index in [1.165, 1.54) is 13.8 Å². The highest BCUT2D eigenvalue weighted by Crippen LogP contribution is 2.30. The van der Waals surface area contributed by atoms with Gasteiger partial charge in [-0.25, -0.2) is 0 Å². The smallest absolute Gasteiger partial charge is 0.254 e. The number of nitrogens with zero attached hydrogens (tertiary/aromatic N) is 5. The van der Waals surface area contributed by atoms with Crippen LogP contribution in [0.3, 0.4) is 0 Å². The zero-order chi connectivity index (χ0) is 54.3. The molecule has 0 aliphatic carbocycles. The van der Waals surface area contributed by atoms with Gasteiger partial charge in [-0.2, -0.15) is 0 Å². The molecule has 2 heterocycles. The Hall–Kier alpha value is -5.73. The molecule has 402 valence electrons. The Kier molecular flexibility index (Phi) is 23.5. The Morgan fingerprint density at radius 1 is 0.778 bits per heavy atom. The Bertz CT molecular complexity index is 2090. The molecule has 10 atom stereocenters. The fourth-order valence-electron chi connectivity index (χ4n) is 9.70. The molecule has 0 spiro atoms. The number of methoxy groups -OCH3 is 2. The third-order valence-corrected chi connectivity index (χ3v) is 14.0. The van der Waals surface area contributed by atoms with E-state index < -0.39 is 84.4 Å². The number of amides is 9. The van der Waals surface area contributed by atoms with Crippen LogP contribution in [0.15, 0.2) is 36.4 Å². The second-order valence-corrected chi connectivity index (χ2v) is 20.3. The monoisotopic (exact) mass is 1010 g/mol. The zero-order valence-electron chi connectivity index (χ0n) is 45.3. The van der Waals surface area contributed by atoms with Crippen molar-refractivity contribution in [3.63, 3.8) is 0 Å². The van der Waals surface area contributed by atoms with E-state index in [1.807, 2.05) is 66.6 Å². The van der Waals surface area contributed by atoms with Crippen molar-refractivity contribution < 1.29 is 52.6 Å². The third kappa shape index (κ3) is 16.1. The molecular weight excluding hydrogens is 927 g/mol. The quantitative estimate of drug-likeness (QED) is 0.0930. The molecule has 1 saturated heterocycles. The minimum absolute atomic E-state index is 0.00786. The van der Waals surface area contributed by atoms with Crippen LogP contribution < -0.4 is 21.3 Å². The largest absolute Gasteiger partial charge is 0.379 e. The topological polar surface area (TPSA) is 236 Å². The SMILES string of the molecule is CC[C@H](C)[C@@H]([C@@H](CC(=O)N1CCC[C@H]1[C@H](OC)[C@@H](C)C(=O)N(C)CCc1cccc(NC(=O)[C@H](C)NC(=O)[C@H](C)NC(=O)CN2C(=O)C=CC2=O)c1)OC)N(C)C(=O)[C@@H](NC(=O)[C@H](C(C)C)N(C)C)C(C)C. The van der Waals surface area contributed by atoms with Gasteiger partial charge in [0.2, 0.25) is 41.4 Å². The molecule has 9 amide bonds. The highest BCUT2D eigenvalue weighted by atomic mass is 16.5. The molecule has 0 saturated carbocycles. The maximum Gasteiger partial charge on any atom is 0.254 e. The van der Waals surface area contributed by atoms with E-state index in [-0.39, 0.29) is 53.8 Å². The van der Waals surface area contributed by atoms with Crippen molar-refractivity contribution in [3.8, 4) is 0 Å². The van der Waals surface area contributed by atoms with E-state index in [4.69, 9.17) is 9.47 Å². The molecule has 2 aliphatic heterocycles. The minimum Gasteiger partial charge on any atom is -0.379 e. The van der Waals surface area contributed by atoms with Gasteiger partial charge in [0.05, 0.1) is 42.7 Å². The number of likely N-dealkylation sites (tertiary alicyclic amines) is 1. The molecule has 1 aromatic carbocycles. The number of carbonyl (C=O) groups excluding carboxylic acids is 9. The lowest BCUT2D eigenvalue weighted by atomic mass is 9.89. The molecule has 0 unspecified atom stereocenters. The lowest BCUT2D eigenvalue weighted by Gasteiger charge is -2.41. The number of likely N-dealkylation sites (N-methyl/N-ethyl adjacent to an activating group) is 3. The summed E-state index contributed by atoms with van der Waals surface area (Å²) in [5.41, 5.74) is 1.30. The van der Waals surface area contributed by atoms with Gasteiger partial charge in [-0.3, -0.25) is 53.0 Å². The van der Waals surface area contributed by atoms with E-state index in [1.54, 1.807) is 68.1 Å². The van der Waals surface area contributed by atoms with Gasteiger partial charge in [0.15, 0.2) is 0 Å². The van der Waals surface area contributed by atoms with Crippen LogP contribution in [-0.4, -0.2) is 188 Å². The average molecular weight is 1010 g/mol. The van der Waals surface area contributed by atoms with Crippen LogP contribution in [0, 0.1) is 23.7 Å². The number of ether oxygens (including phenoxy) is 2. The molecule has 20 heteroatoms. The molecule has 4 N–H and O–H groups in total. The fraction of sp³-hybridized carbons (Fsp3) is 0.673. The maximum atomic E-state index is 14.4. The summed E-state index contributed by atoms with van der Waals surface area (Å²) in [5, 5.41) is 10.8. The molecule has 0 radical (unpaired) electrons. The summed E-state index contributed by atoms with van der Waals surface area (Å²) in [5.74, 6) is -4.81. The highest BCUT2D eigenvalue weighted by molar-refractivity contribution is 6.14. The predicted molar refractivity (Wildman–Crippen MR) is 273 cm³/mol. The number of anilines is 1. The van der Waals surface area contributed by atoms with Crippen LogP contribution in [0.5, 0.6) is 0 Å². The zero-order valence-corrected chi connectivity index (χ0v) is 45.3. The van der Waals surface area contributed by atoms with E-state index in [0.717, 1.165) is 29.0 Å². The van der Waals surface area contributed by atoms with Gasteiger partial charge in [-0.05, 0) is 82.7 Å². The van der Waals surface area contributed by atoms with E-state index >= 15 is 0 Å². The van der Waals surface area contributed by atoms with Crippen molar-refractivity contribution >= 4 is 58.9 Å². The van der Waals surface area contributed by atoms with E-state index in [9.17, 15) is 43.2 Å². The first-order chi connectivity index (χ1) is 33.8. The first kappa shape index (κ1) is 60.6. The number of hydrogen-bond donors (Lipinski definition) is 4. The Balaban J connectivity index is 1.63. The van der Waals surface area contributed by atoms with Crippen LogP contribution in [0.25, 0.3) is 0 Å². The molecule has 20 nitrogen and oxygen atoms in total. The van der Waals surface area contributed by atoms with Crippen molar-refractivity contribution in [2.75, 3.05) is 67.4 Å². The number of hydrogen-bond acceptors (Lipinski definition) is 12. The summed E-state index contributed by atoms with van der Waals surface area (Å²) in [7, 11) is 10.2. The van der Waals surface area contributed by atoms with Gasteiger partial charge in [-0.1, -0.05) is 67.0 Å². The van der Waals surface area contributed by atoms with Gasteiger partial charge in [0.25, 0.3) is 11.8 Å². The molecule has 2 aliphatic rings. The number of nitrogens with one attached hydrogen (secondary N) is 4. The second-order valence-electron chi connectivity index (χ2n) is 20.3. The molecule has 0 aromatic heterocycles. The van der Waals surface area contributed by atoms with Crippen LogP contribution in [0.2, 0.25) is 0 Å². The van der Waals surface area contributed by atoms with Crippen LogP contribution >= 0.6 is 0 Å². The minimum atomic E-state index is -1.06. The van der Waals surface area contributed by atoms with Gasteiger partial charge in [-0.15, -0.1) is 0 Å². The number of carbonyl (C=O) groups is 9. The Labute approximate surface area is 426 Å². The average Bonchev–Trinajstić information content (AvgIpc) is 3.94. The summed E-state index contributed by atoms with van der Waals surface area (Å²) in [6.45, 7) is 16.8. The molecule has 1 aromatic rings. The summed E-state index contributed by atoms with van der Waals surface area (Å²) in [6, 6.07) is 2.95. The summed E-state index contributed by atoms with van der Waals surface area (Å²) in [6.07, 6.45) is 3.33. The second kappa shape index (κ2) is 27.9. The van der Waals surface area contributed by atoms with Gasteiger partial charge in [0.1, 0.15) is 24.7 Å². The van der Waals surface area contributed by atoms with Crippen LogP contribution in [-0.2, 0) is 59.0 Å². The standard InChI is InChI=1S/C52H83N9O11/c1-16-32(6)46(59(13)52(70)44(30(2)3)56-50(68)45(31(4)5)57(10)11)39(71-14)28-43(65)60-25-18-21-38(60)47(72-15)33(7)51(69)58(12)26-24-36-19-17-20-37(27-36)55-49(67)35(9)54-48(66)34(8)53-40(62)29-61-41(63)22-23-42(61)64/h17,19-20,22-23,27,30-35,38-39,44-47H,16,18,21,24-26,28-29H2,1-15H3,(H,53,62)(H,54,66)(H,55,67)(H,56,68)/t32-,33+,34-,35-,38-,39+,44-,45-,46-,47+/m0/s1. The van der Waals surface area contributed by atoms with Crippen molar-refractivity contribution in [1.29, 1.82) is 0 Å². The number of imide groups is 1. The maximum absolute atomic E-state index is 14.4. The van der Waals surface area contributed by atoms with Crippen molar-refractivity contribution in [2.45, 2.75) is 143 Å². The van der Waals surface area contributed by atoms with Gasteiger partial charge >= 0.3 is 0 Å². The first-order valence-electron chi connectivity index (χ1n) is 25.2. The Morgan fingerprint density at radius 3 is 1.96 bits per heavy atom. The van der Waals surface area contributed by atoms with Crippen molar-refractivity contribution in [3.05, 3.63) is 42.0 Å². The molecule has 0 bridgehead atoms. The lowest BCUT2D eigenvalue weighted by Crippen LogP contribution is -2.59. The van der Waals surface area contributed by atoms with E-state index in [2.05, 4.69) is 21.3 Å². The molecule has 3 rings (SSSR count). The summed E-state index contributed by atoms with van der Waals surface area (Å²) < 4.78 is 12.1. The third-order valence-electron chi connectivity index (χ3n) is 14.0. The van der Waals surface area contributed by atoms with Crippen LogP contribution in [0.4, 0.5) is 5.69 Å². The van der Waals surface area contributed by atoms with E-state index in [0.29, 0.717) is 38.0 Å². The van der Waals surface area contributed by atoms with Gasteiger partial charge in [0, 0.05) is 59.2 Å². The summed E-state index contributed by atoms with van der Waals surface area (Å²) >= 11 is 0. The molecule has 72 heavy (non-hydrogen) atoms. The summed E-state index contributed by atoms with van der Waals surface area (Å²) in [4.78, 5) is 126. The van der Waals surface area contributed by atoms with Crippen molar-refractivity contribution in [1.82, 2.24) is 40.4 Å². The fourth-order valence-corrected chi connectivity index (χ4v) is 9.70.